The van der Waals surface area contributed by atoms with Crippen LogP contribution >= 0.6 is 0 Å². The average Bonchev–Trinajstić information content (AvgIpc) is 2.42. The summed E-state index contributed by atoms with van der Waals surface area (Å²) in [7, 11) is 0. The molecule has 0 aromatic heterocycles. The van der Waals surface area contributed by atoms with Gasteiger partial charge in [-0.15, -0.1) is 6.58 Å². The summed E-state index contributed by atoms with van der Waals surface area (Å²) in [5.74, 6) is -0.278. The largest absolute Gasteiger partial charge is 0.455 e. The number of carbonyl (C=O) groups is 1. The Kier molecular flexibility index (Phi) is 10.2. The first-order chi connectivity index (χ1) is 9.19. The summed E-state index contributed by atoms with van der Waals surface area (Å²) >= 11 is 0. The van der Waals surface area contributed by atoms with Gasteiger partial charge in [0.1, 0.15) is 6.10 Å². The molecule has 0 aromatic carbocycles. The molecule has 0 aliphatic heterocycles. The third-order valence-electron chi connectivity index (χ3n) is 2.64. The van der Waals surface area contributed by atoms with Crippen molar-refractivity contribution >= 4 is 5.97 Å². The lowest BCUT2D eigenvalue weighted by Crippen LogP contribution is -2.17. The number of unbranched alkanes of at least 4 members (excludes halogenated alkanes) is 1. The zero-order chi connectivity index (χ0) is 14.5. The van der Waals surface area contributed by atoms with Crippen LogP contribution in [0.15, 0.2) is 61.8 Å². The summed E-state index contributed by atoms with van der Waals surface area (Å²) in [6.45, 7) is 12.8. The Labute approximate surface area is 116 Å². The lowest BCUT2D eigenvalue weighted by Gasteiger charge is -2.14. The van der Waals surface area contributed by atoms with Crippen LogP contribution in [0.25, 0.3) is 0 Å². The standard InChI is InChI=1S/C17H24O2/c1-5-9-11-13-15(7-3)17(18)19-16(8-4)14-12-10-6-2/h5-9,11,16H,1-2,4,10,12-14H2,3H3/b11-9+,15-7-. The second-order valence-corrected chi connectivity index (χ2v) is 4.08. The van der Waals surface area contributed by atoms with Gasteiger partial charge in [0.05, 0.1) is 0 Å². The zero-order valence-electron chi connectivity index (χ0n) is 11.8. The Bertz CT molecular complexity index is 361. The number of esters is 1. The first-order valence-electron chi connectivity index (χ1n) is 6.56. The fourth-order valence-corrected chi connectivity index (χ4v) is 1.51. The van der Waals surface area contributed by atoms with Crippen LogP contribution in [-0.4, -0.2) is 12.1 Å². The average molecular weight is 260 g/mol. The highest BCUT2D eigenvalue weighted by atomic mass is 16.5. The maximum absolute atomic E-state index is 12.0. The highest BCUT2D eigenvalue weighted by Gasteiger charge is 2.13. The van der Waals surface area contributed by atoms with E-state index in [4.69, 9.17) is 4.74 Å². The topological polar surface area (TPSA) is 26.3 Å². The Balaban J connectivity index is 4.36. The van der Waals surface area contributed by atoms with Gasteiger partial charge in [0.2, 0.25) is 0 Å². The van der Waals surface area contributed by atoms with Gasteiger partial charge in [0.25, 0.3) is 0 Å². The SMILES string of the molecule is C=C/C=C/C/C(=C/C)C(=O)OC(C=C)CCCC=C. The first kappa shape index (κ1) is 17.2. The molecule has 19 heavy (non-hydrogen) atoms. The van der Waals surface area contributed by atoms with Crippen LogP contribution in [0, 0.1) is 0 Å². The number of carbonyl (C=O) groups excluding carboxylic acids is 1. The van der Waals surface area contributed by atoms with Gasteiger partial charge in [-0.05, 0) is 32.6 Å². The molecule has 0 saturated carbocycles. The van der Waals surface area contributed by atoms with Crippen molar-refractivity contribution in [3.8, 4) is 0 Å². The molecule has 0 radical (unpaired) electrons. The van der Waals surface area contributed by atoms with Crippen LogP contribution in [0.1, 0.15) is 32.6 Å². The second kappa shape index (κ2) is 11.3. The molecule has 0 N–H and O–H groups in total. The first-order valence-corrected chi connectivity index (χ1v) is 6.56. The second-order valence-electron chi connectivity index (χ2n) is 4.08. The predicted molar refractivity (Wildman–Crippen MR) is 81.8 cm³/mol. The maximum Gasteiger partial charge on any atom is 0.334 e. The third kappa shape index (κ3) is 7.98. The van der Waals surface area contributed by atoms with Crippen molar-refractivity contribution in [2.75, 3.05) is 0 Å². The Morgan fingerprint density at radius 2 is 2.05 bits per heavy atom. The molecule has 0 aromatic rings. The third-order valence-corrected chi connectivity index (χ3v) is 2.64. The van der Waals surface area contributed by atoms with Gasteiger partial charge in [0, 0.05) is 5.57 Å². The number of allylic oxidation sites excluding steroid dienone is 5. The van der Waals surface area contributed by atoms with Crippen molar-refractivity contribution in [2.24, 2.45) is 0 Å². The molecule has 0 amide bonds. The van der Waals surface area contributed by atoms with Crippen LogP contribution in [-0.2, 0) is 9.53 Å². The fourth-order valence-electron chi connectivity index (χ4n) is 1.51. The van der Waals surface area contributed by atoms with Crippen molar-refractivity contribution in [2.45, 2.75) is 38.7 Å². The minimum atomic E-state index is -0.278. The lowest BCUT2D eigenvalue weighted by atomic mass is 10.1. The monoisotopic (exact) mass is 260 g/mol. The van der Waals surface area contributed by atoms with E-state index < -0.39 is 0 Å². The van der Waals surface area contributed by atoms with Gasteiger partial charge >= 0.3 is 5.97 Å². The summed E-state index contributed by atoms with van der Waals surface area (Å²) < 4.78 is 5.41. The highest BCUT2D eigenvalue weighted by Crippen LogP contribution is 2.12. The minimum absolute atomic E-state index is 0.231. The van der Waals surface area contributed by atoms with Crippen molar-refractivity contribution in [3.63, 3.8) is 0 Å². The van der Waals surface area contributed by atoms with Crippen molar-refractivity contribution in [1.29, 1.82) is 0 Å². The van der Waals surface area contributed by atoms with E-state index in [0.29, 0.717) is 12.0 Å². The normalized spacial score (nSPS) is 13.0. The fraction of sp³-hybridized carbons (Fsp3) is 0.353. The molecule has 0 heterocycles. The number of hydrogen-bond acceptors (Lipinski definition) is 2. The van der Waals surface area contributed by atoms with Crippen LogP contribution in [0.5, 0.6) is 0 Å². The molecule has 2 nitrogen and oxygen atoms in total. The van der Waals surface area contributed by atoms with Crippen molar-refractivity contribution in [1.82, 2.24) is 0 Å². The van der Waals surface area contributed by atoms with E-state index in [9.17, 15) is 4.79 Å². The molecule has 2 heteroatoms. The maximum atomic E-state index is 12.0. The van der Waals surface area contributed by atoms with Gasteiger partial charge in [-0.1, -0.05) is 49.6 Å². The van der Waals surface area contributed by atoms with Crippen LogP contribution < -0.4 is 0 Å². The van der Waals surface area contributed by atoms with Gasteiger partial charge in [-0.3, -0.25) is 0 Å². The molecular weight excluding hydrogens is 236 g/mol. The number of hydrogen-bond donors (Lipinski definition) is 0. The van der Waals surface area contributed by atoms with E-state index >= 15 is 0 Å². The molecule has 0 rings (SSSR count). The van der Waals surface area contributed by atoms with Crippen molar-refractivity contribution < 1.29 is 9.53 Å². The van der Waals surface area contributed by atoms with Gasteiger partial charge in [-0.2, -0.15) is 0 Å². The van der Waals surface area contributed by atoms with E-state index in [-0.39, 0.29) is 12.1 Å². The van der Waals surface area contributed by atoms with Crippen LogP contribution in [0.2, 0.25) is 0 Å². The number of ether oxygens (including phenoxy) is 1. The Morgan fingerprint density at radius 1 is 1.32 bits per heavy atom. The van der Waals surface area contributed by atoms with E-state index in [1.807, 2.05) is 25.2 Å². The van der Waals surface area contributed by atoms with Gasteiger partial charge in [0.15, 0.2) is 0 Å². The lowest BCUT2D eigenvalue weighted by molar-refractivity contribution is -0.142. The molecule has 1 atom stereocenters. The minimum Gasteiger partial charge on any atom is -0.455 e. The molecule has 1 unspecified atom stereocenters. The molecular formula is C17H24O2. The molecule has 0 aliphatic rings. The van der Waals surface area contributed by atoms with Crippen LogP contribution in [0.4, 0.5) is 0 Å². The molecule has 0 aliphatic carbocycles. The Morgan fingerprint density at radius 3 is 2.58 bits per heavy atom. The quantitative estimate of drug-likeness (QED) is 0.190. The summed E-state index contributed by atoms with van der Waals surface area (Å²) in [6.07, 6.45) is 13.6. The summed E-state index contributed by atoms with van der Waals surface area (Å²) in [6, 6.07) is 0. The van der Waals surface area contributed by atoms with Crippen LogP contribution in [0.3, 0.4) is 0 Å². The number of rotatable bonds is 10. The molecule has 0 fully saturated rings. The smallest absolute Gasteiger partial charge is 0.334 e. The predicted octanol–water partition coefficient (Wildman–Crippen LogP) is 4.52. The van der Waals surface area contributed by atoms with Gasteiger partial charge < -0.3 is 4.74 Å². The Hall–Kier alpha value is -1.83. The molecule has 104 valence electrons. The van der Waals surface area contributed by atoms with E-state index in [2.05, 4.69) is 19.7 Å². The summed E-state index contributed by atoms with van der Waals surface area (Å²) in [4.78, 5) is 12.0. The van der Waals surface area contributed by atoms with E-state index in [1.54, 1.807) is 18.2 Å². The molecule has 0 saturated heterocycles. The molecule has 0 spiro atoms. The molecule has 0 bridgehead atoms. The van der Waals surface area contributed by atoms with E-state index in [1.165, 1.54) is 0 Å². The zero-order valence-corrected chi connectivity index (χ0v) is 11.8. The summed E-state index contributed by atoms with van der Waals surface area (Å²) in [5, 5.41) is 0. The highest BCUT2D eigenvalue weighted by molar-refractivity contribution is 5.88. The van der Waals surface area contributed by atoms with Crippen molar-refractivity contribution in [3.05, 3.63) is 61.8 Å². The van der Waals surface area contributed by atoms with E-state index in [0.717, 1.165) is 19.3 Å². The van der Waals surface area contributed by atoms with Gasteiger partial charge in [-0.25, -0.2) is 4.79 Å². The summed E-state index contributed by atoms with van der Waals surface area (Å²) in [5.41, 5.74) is 0.647.